The van der Waals surface area contributed by atoms with Gasteiger partial charge < -0.3 is 4.74 Å². The van der Waals surface area contributed by atoms with Crippen LogP contribution in [0.4, 0.5) is 9.52 Å². The van der Waals surface area contributed by atoms with Gasteiger partial charge in [0.25, 0.3) is 0 Å². The highest BCUT2D eigenvalue weighted by atomic mass is 127. The Bertz CT molecular complexity index is 1390. The number of nitrogens with zero attached hydrogens (tertiary/aromatic N) is 3. The third-order valence-electron chi connectivity index (χ3n) is 5.54. The molecule has 0 saturated heterocycles. The summed E-state index contributed by atoms with van der Waals surface area (Å²) in [6, 6.07) is 18.3. The van der Waals surface area contributed by atoms with Crippen molar-refractivity contribution in [2.24, 2.45) is 5.10 Å². The van der Waals surface area contributed by atoms with Crippen molar-refractivity contribution in [3.05, 3.63) is 96.6 Å². The van der Waals surface area contributed by atoms with Crippen molar-refractivity contribution in [3.8, 4) is 17.0 Å². The van der Waals surface area contributed by atoms with Crippen LogP contribution in [0.15, 0.2) is 71.1 Å². The molecule has 4 nitrogen and oxygen atoms in total. The zero-order valence-electron chi connectivity index (χ0n) is 17.8. The first-order valence-electron chi connectivity index (χ1n) is 10.3. The van der Waals surface area contributed by atoms with Crippen molar-refractivity contribution in [2.45, 2.75) is 12.5 Å². The van der Waals surface area contributed by atoms with Crippen molar-refractivity contribution < 1.29 is 9.13 Å². The fourth-order valence-electron chi connectivity index (χ4n) is 3.84. The molecule has 0 fully saturated rings. The number of thiazole rings is 1. The Balaban J connectivity index is 1.55. The van der Waals surface area contributed by atoms with Gasteiger partial charge in [-0.15, -0.1) is 11.3 Å². The van der Waals surface area contributed by atoms with Crippen molar-refractivity contribution in [1.29, 1.82) is 0 Å². The molecule has 0 spiro atoms. The molecule has 34 heavy (non-hydrogen) atoms. The number of hydrogen-bond acceptors (Lipinski definition) is 5. The minimum atomic E-state index is -0.433. The van der Waals surface area contributed by atoms with E-state index in [1.54, 1.807) is 12.1 Å². The van der Waals surface area contributed by atoms with Gasteiger partial charge in [0.05, 0.1) is 24.6 Å². The Kier molecular flexibility index (Phi) is 6.79. The SMILES string of the molecule is COc1ccc(C2=NN(c3nc(-c4ccc(I)cc4)cs3)[C@H](c3ccc(Cl)cc3Cl)C2)cc1F. The molecule has 3 aromatic carbocycles. The first kappa shape index (κ1) is 23.5. The molecule has 1 atom stereocenters. The second-order valence-electron chi connectivity index (χ2n) is 7.65. The van der Waals surface area contributed by atoms with E-state index in [-0.39, 0.29) is 11.8 Å². The molecule has 0 bridgehead atoms. The van der Waals surface area contributed by atoms with Gasteiger partial charge in [-0.3, -0.25) is 0 Å². The fraction of sp³-hybridized carbons (Fsp3) is 0.120. The summed E-state index contributed by atoms with van der Waals surface area (Å²) in [7, 11) is 1.44. The lowest BCUT2D eigenvalue weighted by Gasteiger charge is -2.22. The van der Waals surface area contributed by atoms with Crippen LogP contribution in [-0.2, 0) is 0 Å². The van der Waals surface area contributed by atoms with E-state index in [9.17, 15) is 4.39 Å². The maximum Gasteiger partial charge on any atom is 0.207 e. The molecule has 0 amide bonds. The Morgan fingerprint density at radius 1 is 1.06 bits per heavy atom. The molecule has 1 aliphatic heterocycles. The van der Waals surface area contributed by atoms with Gasteiger partial charge in [-0.25, -0.2) is 14.4 Å². The van der Waals surface area contributed by atoms with E-state index in [2.05, 4.69) is 34.7 Å². The highest BCUT2D eigenvalue weighted by molar-refractivity contribution is 14.1. The summed E-state index contributed by atoms with van der Waals surface area (Å²) in [5.41, 5.74) is 4.21. The summed E-state index contributed by atoms with van der Waals surface area (Å²) in [6.07, 6.45) is 0.533. The lowest BCUT2D eigenvalue weighted by molar-refractivity contribution is 0.386. The second kappa shape index (κ2) is 9.81. The second-order valence-corrected chi connectivity index (χ2v) is 10.6. The average molecular weight is 624 g/mol. The first-order chi connectivity index (χ1) is 16.4. The number of anilines is 1. The molecule has 1 aliphatic rings. The third-order valence-corrected chi connectivity index (χ3v) is 7.66. The highest BCUT2D eigenvalue weighted by Crippen LogP contribution is 2.42. The molecule has 0 unspecified atom stereocenters. The minimum Gasteiger partial charge on any atom is -0.494 e. The van der Waals surface area contributed by atoms with Gasteiger partial charge in [0.15, 0.2) is 11.6 Å². The van der Waals surface area contributed by atoms with Crippen LogP contribution in [0.25, 0.3) is 11.3 Å². The zero-order chi connectivity index (χ0) is 23.8. The summed E-state index contributed by atoms with van der Waals surface area (Å²) in [5.74, 6) is -0.240. The fourth-order valence-corrected chi connectivity index (χ4v) is 5.57. The quantitative estimate of drug-likeness (QED) is 0.210. The molecule has 2 heterocycles. The lowest BCUT2D eigenvalue weighted by Crippen LogP contribution is -2.18. The number of ether oxygens (including phenoxy) is 1. The monoisotopic (exact) mass is 623 g/mol. The van der Waals surface area contributed by atoms with E-state index in [0.717, 1.165) is 31.2 Å². The molecule has 0 aliphatic carbocycles. The van der Waals surface area contributed by atoms with Gasteiger partial charge in [0.1, 0.15) is 0 Å². The third kappa shape index (κ3) is 4.66. The molecule has 0 N–H and O–H groups in total. The van der Waals surface area contributed by atoms with Crippen molar-refractivity contribution >= 4 is 68.0 Å². The molecule has 4 aromatic rings. The van der Waals surface area contributed by atoms with E-state index < -0.39 is 5.82 Å². The van der Waals surface area contributed by atoms with E-state index in [1.807, 2.05) is 40.7 Å². The summed E-state index contributed by atoms with van der Waals surface area (Å²) in [6.45, 7) is 0. The molecule has 1 aromatic heterocycles. The Morgan fingerprint density at radius 3 is 2.53 bits per heavy atom. The summed E-state index contributed by atoms with van der Waals surface area (Å²) in [5, 5.41) is 10.6. The predicted octanol–water partition coefficient (Wildman–Crippen LogP) is 8.22. The van der Waals surface area contributed by atoms with Crippen LogP contribution in [0, 0.1) is 9.39 Å². The topological polar surface area (TPSA) is 37.7 Å². The van der Waals surface area contributed by atoms with E-state index in [0.29, 0.717) is 22.0 Å². The maximum atomic E-state index is 14.4. The summed E-state index contributed by atoms with van der Waals surface area (Å²) >= 11 is 16.5. The Morgan fingerprint density at radius 2 is 1.82 bits per heavy atom. The molecule has 5 rings (SSSR count). The van der Waals surface area contributed by atoms with Crippen LogP contribution in [-0.4, -0.2) is 17.8 Å². The number of hydrogen-bond donors (Lipinski definition) is 0. The van der Waals surface area contributed by atoms with E-state index >= 15 is 0 Å². The minimum absolute atomic E-state index is 0.193. The van der Waals surface area contributed by atoms with Gasteiger partial charge >= 0.3 is 0 Å². The normalized spacial score (nSPS) is 15.5. The zero-order valence-corrected chi connectivity index (χ0v) is 22.3. The van der Waals surface area contributed by atoms with Crippen LogP contribution < -0.4 is 9.75 Å². The van der Waals surface area contributed by atoms with Crippen molar-refractivity contribution in [1.82, 2.24) is 4.98 Å². The molecular weight excluding hydrogens is 607 g/mol. The van der Waals surface area contributed by atoms with Crippen LogP contribution in [0.1, 0.15) is 23.6 Å². The van der Waals surface area contributed by atoms with Gasteiger partial charge in [-0.1, -0.05) is 41.4 Å². The van der Waals surface area contributed by atoms with Crippen LogP contribution in [0.5, 0.6) is 5.75 Å². The first-order valence-corrected chi connectivity index (χ1v) is 13.0. The lowest BCUT2D eigenvalue weighted by atomic mass is 9.98. The highest BCUT2D eigenvalue weighted by Gasteiger charge is 2.33. The number of methoxy groups -OCH3 is 1. The number of rotatable bonds is 5. The molecule has 0 radical (unpaired) electrons. The van der Waals surface area contributed by atoms with Crippen LogP contribution >= 0.6 is 57.1 Å². The van der Waals surface area contributed by atoms with Gasteiger partial charge in [0.2, 0.25) is 5.13 Å². The molecule has 0 saturated carbocycles. The summed E-state index contributed by atoms with van der Waals surface area (Å²) < 4.78 is 20.7. The van der Waals surface area contributed by atoms with E-state index in [1.165, 1.54) is 24.5 Å². The predicted molar refractivity (Wildman–Crippen MR) is 146 cm³/mol. The number of hydrazone groups is 1. The summed E-state index contributed by atoms with van der Waals surface area (Å²) in [4.78, 5) is 4.86. The van der Waals surface area contributed by atoms with E-state index in [4.69, 9.17) is 38.0 Å². The van der Waals surface area contributed by atoms with Crippen molar-refractivity contribution in [3.63, 3.8) is 0 Å². The Labute approximate surface area is 224 Å². The number of aromatic nitrogens is 1. The number of benzene rings is 3. The van der Waals surface area contributed by atoms with Gasteiger partial charge in [-0.05, 0) is 70.6 Å². The van der Waals surface area contributed by atoms with Crippen LogP contribution in [0.2, 0.25) is 10.0 Å². The molecule has 172 valence electrons. The Hall–Kier alpha value is -2.20. The maximum absolute atomic E-state index is 14.4. The molecular formula is C25H17Cl2FIN3OS. The standard InChI is InChI=1S/C25H17Cl2FIN3OS/c1-33-24-9-4-15(10-20(24)28)21-12-23(18-8-5-16(26)11-19(18)27)32(31-21)25-30-22(13-34-25)14-2-6-17(29)7-3-14/h2-11,13,23H,12H2,1H3/t23-/m0/s1. The number of halogens is 4. The smallest absolute Gasteiger partial charge is 0.207 e. The van der Waals surface area contributed by atoms with Crippen molar-refractivity contribution in [2.75, 3.05) is 12.1 Å². The largest absolute Gasteiger partial charge is 0.494 e. The van der Waals surface area contributed by atoms with Gasteiger partial charge in [-0.2, -0.15) is 5.10 Å². The average Bonchev–Trinajstić information content (AvgIpc) is 3.47. The molecule has 9 heteroatoms. The van der Waals surface area contributed by atoms with Crippen LogP contribution in [0.3, 0.4) is 0 Å². The van der Waals surface area contributed by atoms with Gasteiger partial charge in [0, 0.05) is 36.5 Å².